The quantitative estimate of drug-likeness (QED) is 0.0663. The van der Waals surface area contributed by atoms with Gasteiger partial charge in [0.05, 0.1) is 0 Å². The smallest absolute Gasteiger partial charge is 0.259 e. The van der Waals surface area contributed by atoms with Crippen LogP contribution in [0.25, 0.3) is 60.4 Å². The van der Waals surface area contributed by atoms with Crippen LogP contribution in [-0.2, 0) is 0 Å². The fourth-order valence-electron chi connectivity index (χ4n) is 7.90. The molecule has 5 aromatic carbocycles. The summed E-state index contributed by atoms with van der Waals surface area (Å²) >= 11 is 12.2. The first-order valence-electron chi connectivity index (χ1n) is 16.4. The molecule has 224 valence electrons. The van der Waals surface area contributed by atoms with Gasteiger partial charge in [0.15, 0.2) is 0 Å². The molecule has 5 heteroatoms. The molecular formula is C39H40N2OS2. The number of hydrogen-bond acceptors (Lipinski definition) is 3. The van der Waals surface area contributed by atoms with Gasteiger partial charge in [-0.05, 0) is 65.1 Å². The van der Waals surface area contributed by atoms with Crippen molar-refractivity contribution in [3.8, 4) is 0 Å². The Bertz CT molecular complexity index is 2100. The van der Waals surface area contributed by atoms with E-state index in [1.807, 2.05) is 11.0 Å². The molecule has 0 N–H and O–H groups in total. The van der Waals surface area contributed by atoms with Crippen LogP contribution in [0.4, 0.5) is 0 Å². The third-order valence-corrected chi connectivity index (χ3v) is 11.0. The maximum absolute atomic E-state index is 14.0. The Hall–Kier alpha value is -3.41. The minimum absolute atomic E-state index is 0.0287. The van der Waals surface area contributed by atoms with Gasteiger partial charge in [-0.3, -0.25) is 9.69 Å². The first kappa shape index (κ1) is 29.3. The lowest BCUT2D eigenvalue weighted by Crippen LogP contribution is -2.45. The van der Waals surface area contributed by atoms with Gasteiger partial charge in [-0.1, -0.05) is 126 Å². The summed E-state index contributed by atoms with van der Waals surface area (Å²) in [5.41, 5.74) is 1.75. The third-order valence-electron chi connectivity index (χ3n) is 10.2. The van der Waals surface area contributed by atoms with E-state index in [9.17, 15) is 4.79 Å². The minimum Gasteiger partial charge on any atom is -0.329 e. The lowest BCUT2D eigenvalue weighted by Gasteiger charge is -2.35. The second kappa shape index (κ2) is 11.2. The highest BCUT2D eigenvalue weighted by molar-refractivity contribution is 7.80. The van der Waals surface area contributed by atoms with Gasteiger partial charge in [0, 0.05) is 50.1 Å². The predicted octanol–water partition coefficient (Wildman–Crippen LogP) is 10.8. The molecule has 1 aliphatic heterocycles. The number of pyridine rings is 1. The van der Waals surface area contributed by atoms with Crippen LogP contribution in [-0.4, -0.2) is 26.4 Å². The van der Waals surface area contributed by atoms with Crippen molar-refractivity contribution in [3.63, 3.8) is 0 Å². The van der Waals surface area contributed by atoms with Crippen molar-refractivity contribution in [3.05, 3.63) is 69.6 Å². The number of nitrogens with zero attached hydrogens (tertiary/aromatic N) is 2. The summed E-state index contributed by atoms with van der Waals surface area (Å²) in [4.78, 5) is 16.6. The summed E-state index contributed by atoms with van der Waals surface area (Å²) < 4.78 is 3.16. The highest BCUT2D eigenvalue weighted by Crippen LogP contribution is 2.46. The number of aromatic nitrogens is 1. The summed E-state index contributed by atoms with van der Waals surface area (Å²) in [6, 6.07) is 17.9. The second-order valence-corrected chi connectivity index (χ2v) is 13.7. The Kier molecular flexibility index (Phi) is 7.45. The second-order valence-electron chi connectivity index (χ2n) is 12.9. The van der Waals surface area contributed by atoms with Crippen molar-refractivity contribution in [2.75, 3.05) is 0 Å². The molecule has 0 spiro atoms. The average molecular weight is 617 g/mol. The van der Waals surface area contributed by atoms with Gasteiger partial charge in [0.2, 0.25) is 0 Å². The Labute approximate surface area is 269 Å². The van der Waals surface area contributed by atoms with Crippen LogP contribution in [0.2, 0.25) is 0 Å². The molecule has 44 heavy (non-hydrogen) atoms. The van der Waals surface area contributed by atoms with Crippen LogP contribution in [0.3, 0.4) is 0 Å². The molecule has 0 fully saturated rings. The summed E-state index contributed by atoms with van der Waals surface area (Å²) in [5, 5.41) is 12.5. The van der Waals surface area contributed by atoms with E-state index >= 15 is 0 Å². The van der Waals surface area contributed by atoms with Crippen molar-refractivity contribution in [1.82, 2.24) is 9.47 Å². The normalized spacial score (nSPS) is 15.1. The minimum atomic E-state index is 0.0287. The summed E-state index contributed by atoms with van der Waals surface area (Å²) in [5.74, 6) is 0.0287. The Morgan fingerprint density at radius 3 is 1.73 bits per heavy atom. The standard InChI is InChI=1S/C39H40N2OS2/c1-6-8-10-12-22(3)40-24(5)25-14-15-26-29-18-21-32-36-30(37(42)41(39(32)44)23(4)13-11-9-7-2)19-16-27(35(29)36)28-17-20-31(38(40)43)33(25)34(26)28/h14-23H,5-13H2,1-4H3/t22-,23+/m0/s1. The zero-order valence-corrected chi connectivity index (χ0v) is 27.9. The molecule has 0 aliphatic carbocycles. The molecule has 0 unspecified atom stereocenters. The number of rotatable bonds is 10. The first-order chi connectivity index (χ1) is 21.3. The monoisotopic (exact) mass is 616 g/mol. The third kappa shape index (κ3) is 4.15. The number of amides is 1. The van der Waals surface area contributed by atoms with E-state index in [4.69, 9.17) is 24.4 Å². The number of thiocarbonyl (C=S) groups is 1. The molecule has 2 atom stereocenters. The van der Waals surface area contributed by atoms with E-state index in [1.54, 1.807) is 0 Å². The van der Waals surface area contributed by atoms with Gasteiger partial charge in [-0.25, -0.2) is 0 Å². The molecule has 0 bridgehead atoms. The van der Waals surface area contributed by atoms with E-state index in [-0.39, 0.29) is 11.9 Å². The van der Waals surface area contributed by atoms with Crippen molar-refractivity contribution < 1.29 is 4.79 Å². The van der Waals surface area contributed by atoms with Crippen LogP contribution in [0.15, 0.2) is 48.5 Å². The molecule has 1 aliphatic rings. The van der Waals surface area contributed by atoms with Gasteiger partial charge in [0.1, 0.15) is 9.63 Å². The average Bonchev–Trinajstić information content (AvgIpc) is 3.02. The number of fused-ring (bicyclic) bond motifs is 2. The topological polar surface area (TPSA) is 25.2 Å². The van der Waals surface area contributed by atoms with E-state index in [0.717, 1.165) is 79.1 Å². The number of carbonyl (C=O) groups excluding carboxylic acids is 1. The largest absolute Gasteiger partial charge is 0.329 e. The van der Waals surface area contributed by atoms with E-state index in [2.05, 4.69) is 81.3 Å². The number of hydrogen-bond donors (Lipinski definition) is 0. The number of carbonyl (C=O) groups is 1. The van der Waals surface area contributed by atoms with Gasteiger partial charge in [-0.15, -0.1) is 0 Å². The fourth-order valence-corrected chi connectivity index (χ4v) is 8.80. The first-order valence-corrected chi connectivity index (χ1v) is 17.2. The van der Waals surface area contributed by atoms with Crippen molar-refractivity contribution in [2.24, 2.45) is 0 Å². The van der Waals surface area contributed by atoms with E-state index in [1.165, 1.54) is 47.2 Å². The molecule has 1 aromatic heterocycles. The van der Waals surface area contributed by atoms with Crippen molar-refractivity contribution in [1.29, 1.82) is 0 Å². The van der Waals surface area contributed by atoms with Crippen LogP contribution < -0.4 is 5.35 Å². The summed E-state index contributed by atoms with van der Waals surface area (Å²) in [6.07, 6.45) is 9.10. The maximum Gasteiger partial charge on any atom is 0.259 e. The Balaban J connectivity index is 1.47. The van der Waals surface area contributed by atoms with Crippen molar-refractivity contribution in [2.45, 2.75) is 91.1 Å². The molecule has 3 nitrogen and oxygen atoms in total. The van der Waals surface area contributed by atoms with Gasteiger partial charge < -0.3 is 4.57 Å². The van der Waals surface area contributed by atoms with Crippen molar-refractivity contribution >= 4 is 95.8 Å². The van der Waals surface area contributed by atoms with Crippen LogP contribution >= 0.6 is 24.4 Å². The molecule has 2 heterocycles. The highest BCUT2D eigenvalue weighted by atomic mass is 32.1. The van der Waals surface area contributed by atoms with Crippen LogP contribution in [0.5, 0.6) is 0 Å². The lowest BCUT2D eigenvalue weighted by molar-refractivity contribution is 0.0807. The highest BCUT2D eigenvalue weighted by Gasteiger charge is 2.34. The SMILES string of the molecule is C=c1c2ccc3c4ccc5c6c(ccc(c7ccc(c(=S)n1[C@@H](C)CCCCC)c2c37)c64)C(=O)N([C@H](C)CCCCC)C5=S. The van der Waals surface area contributed by atoms with E-state index in [0.29, 0.717) is 11.0 Å². The predicted molar refractivity (Wildman–Crippen MR) is 195 cm³/mol. The molecule has 7 rings (SSSR count). The number of benzene rings is 5. The Morgan fingerprint density at radius 1 is 0.636 bits per heavy atom. The number of unbranched alkanes of at least 4 members (excludes halogenated alkanes) is 4. The molecular weight excluding hydrogens is 577 g/mol. The van der Waals surface area contributed by atoms with Gasteiger partial charge in [0.25, 0.3) is 5.91 Å². The van der Waals surface area contributed by atoms with Gasteiger partial charge in [-0.2, -0.15) is 0 Å². The maximum atomic E-state index is 14.0. The molecule has 0 radical (unpaired) electrons. The molecule has 0 saturated heterocycles. The van der Waals surface area contributed by atoms with Crippen LogP contribution in [0, 0.1) is 4.64 Å². The zero-order chi connectivity index (χ0) is 30.9. The molecule has 6 aromatic rings. The van der Waals surface area contributed by atoms with E-state index < -0.39 is 0 Å². The summed E-state index contributed by atoms with van der Waals surface area (Å²) in [7, 11) is 0. The van der Waals surface area contributed by atoms with Gasteiger partial charge >= 0.3 is 0 Å². The molecule has 1 amide bonds. The fraction of sp³-hybridized carbons (Fsp3) is 0.359. The lowest BCUT2D eigenvalue weighted by atomic mass is 9.83. The molecule has 0 saturated carbocycles. The Morgan fingerprint density at radius 2 is 1.11 bits per heavy atom. The van der Waals surface area contributed by atoms with Crippen LogP contribution in [0.1, 0.15) is 101 Å². The zero-order valence-electron chi connectivity index (χ0n) is 26.3. The summed E-state index contributed by atoms with van der Waals surface area (Å²) in [6.45, 7) is 13.5.